The lowest BCUT2D eigenvalue weighted by atomic mass is 9.79. The number of carbonyl (C=O) groups is 2. The minimum atomic E-state index is -5.00. The van der Waals surface area contributed by atoms with E-state index in [1.165, 1.54) is 16.0 Å². The fraction of sp³-hybridized carbons (Fsp3) is 0.400. The highest BCUT2D eigenvalue weighted by atomic mass is 19.4. The molecule has 0 unspecified atom stereocenters. The van der Waals surface area contributed by atoms with Crippen molar-refractivity contribution in [1.29, 1.82) is 0 Å². The van der Waals surface area contributed by atoms with Gasteiger partial charge in [-0.05, 0) is 24.6 Å². The molecule has 34 heavy (non-hydrogen) atoms. The molecule has 1 spiro atoms. The molecule has 0 saturated carbocycles. The molecule has 0 atom stereocenters. The zero-order chi connectivity index (χ0) is 24.9. The lowest BCUT2D eigenvalue weighted by Crippen LogP contribution is -2.59. The first kappa shape index (κ1) is 23.6. The molecule has 182 valence electrons. The summed E-state index contributed by atoms with van der Waals surface area (Å²) in [6.07, 6.45) is -6.97. The molecule has 2 fully saturated rings. The number of benzene rings is 1. The monoisotopic (exact) mass is 489 g/mol. The highest BCUT2D eigenvalue weighted by molar-refractivity contribution is 5.90. The Balaban J connectivity index is 1.47. The van der Waals surface area contributed by atoms with E-state index in [0.717, 1.165) is 17.1 Å². The van der Waals surface area contributed by atoms with Crippen molar-refractivity contribution in [2.24, 2.45) is 5.41 Å². The van der Waals surface area contributed by atoms with Gasteiger partial charge in [-0.2, -0.15) is 26.3 Å². The predicted molar refractivity (Wildman–Crippen MR) is 104 cm³/mol. The number of rotatable bonds is 3. The summed E-state index contributed by atoms with van der Waals surface area (Å²) in [5, 5.41) is 12.8. The highest BCUT2D eigenvalue weighted by Gasteiger charge is 2.50. The quantitative estimate of drug-likeness (QED) is 0.525. The molecule has 0 aliphatic carbocycles. The van der Waals surface area contributed by atoms with Crippen molar-refractivity contribution < 1.29 is 41.0 Å². The van der Waals surface area contributed by atoms with Crippen LogP contribution in [0.5, 0.6) is 0 Å². The molecule has 0 radical (unpaired) electrons. The molecule has 14 heteroatoms. The van der Waals surface area contributed by atoms with E-state index in [2.05, 4.69) is 10.1 Å². The second-order valence-electron chi connectivity index (χ2n) is 8.31. The number of likely N-dealkylation sites (tertiary alicyclic amines) is 2. The standard InChI is InChI=1S/C20H17F6N5O3/c21-19(22,23)13-5-12(6-14(7-13)20(24,25)26)16-27-11-31(28-16)3-1-15(32)29-4-2-18(8-29)9-30(10-18)17(33)34/h1,3,5-7,11H,2,4,8-10H2,(H,33,34)/b3-1+. The number of amides is 2. The van der Waals surface area contributed by atoms with Crippen LogP contribution >= 0.6 is 0 Å². The van der Waals surface area contributed by atoms with Gasteiger partial charge in [-0.15, -0.1) is 5.10 Å². The maximum Gasteiger partial charge on any atom is 0.416 e. The lowest BCUT2D eigenvalue weighted by Gasteiger charge is -2.46. The van der Waals surface area contributed by atoms with E-state index in [4.69, 9.17) is 5.11 Å². The Morgan fingerprint density at radius 2 is 1.56 bits per heavy atom. The normalized spacial score (nSPS) is 18.1. The highest BCUT2D eigenvalue weighted by Crippen LogP contribution is 2.40. The van der Waals surface area contributed by atoms with Crippen LogP contribution in [0.4, 0.5) is 31.1 Å². The van der Waals surface area contributed by atoms with Crippen LogP contribution in [0.25, 0.3) is 17.6 Å². The van der Waals surface area contributed by atoms with Crippen LogP contribution in [-0.4, -0.2) is 67.9 Å². The molecule has 3 heterocycles. The van der Waals surface area contributed by atoms with Gasteiger partial charge in [-0.3, -0.25) is 4.79 Å². The van der Waals surface area contributed by atoms with E-state index in [1.807, 2.05) is 0 Å². The third-order valence-corrected chi connectivity index (χ3v) is 5.80. The van der Waals surface area contributed by atoms with Gasteiger partial charge < -0.3 is 14.9 Å². The summed E-state index contributed by atoms with van der Waals surface area (Å²) in [6, 6.07) is 1.05. The van der Waals surface area contributed by atoms with E-state index >= 15 is 0 Å². The van der Waals surface area contributed by atoms with Gasteiger partial charge in [-0.25, -0.2) is 14.5 Å². The maximum atomic E-state index is 13.1. The molecule has 1 N–H and O–H groups in total. The lowest BCUT2D eigenvalue weighted by molar-refractivity contribution is -0.143. The SMILES string of the molecule is O=C(O)N1CC2(CCN(C(=O)/C=C/n3cnc(-c4cc(C(F)(F)F)cc(C(F)(F)F)c4)n3)C2)C1. The number of nitrogens with zero attached hydrogens (tertiary/aromatic N) is 5. The fourth-order valence-corrected chi connectivity index (χ4v) is 4.09. The van der Waals surface area contributed by atoms with Crippen molar-refractivity contribution in [3.05, 3.63) is 41.7 Å². The average Bonchev–Trinajstić information content (AvgIpc) is 3.37. The first-order valence-electron chi connectivity index (χ1n) is 9.92. The number of carboxylic acid groups (broad SMARTS) is 1. The summed E-state index contributed by atoms with van der Waals surface area (Å²) in [5.74, 6) is -0.766. The average molecular weight is 489 g/mol. The van der Waals surface area contributed by atoms with Crippen LogP contribution < -0.4 is 0 Å². The molecule has 2 amide bonds. The summed E-state index contributed by atoms with van der Waals surface area (Å²) >= 11 is 0. The molecule has 8 nitrogen and oxygen atoms in total. The number of aromatic nitrogens is 3. The summed E-state index contributed by atoms with van der Waals surface area (Å²) in [7, 11) is 0. The van der Waals surface area contributed by atoms with Crippen LogP contribution in [0.2, 0.25) is 0 Å². The van der Waals surface area contributed by atoms with Gasteiger partial charge in [0.25, 0.3) is 0 Å². The molecular formula is C20H17F6N5O3. The molecule has 2 aliphatic rings. The van der Waals surface area contributed by atoms with Crippen molar-refractivity contribution in [3.63, 3.8) is 0 Å². The van der Waals surface area contributed by atoms with Gasteiger partial charge in [0.05, 0.1) is 11.1 Å². The van der Waals surface area contributed by atoms with Crippen molar-refractivity contribution in [1.82, 2.24) is 24.6 Å². The van der Waals surface area contributed by atoms with Crippen LogP contribution in [0.1, 0.15) is 17.5 Å². The molecule has 4 rings (SSSR count). The van der Waals surface area contributed by atoms with Gasteiger partial charge >= 0.3 is 18.4 Å². The maximum absolute atomic E-state index is 13.1. The Hall–Kier alpha value is -3.58. The molecule has 2 aliphatic heterocycles. The minimum absolute atomic E-state index is 0.0136. The molecule has 1 aromatic carbocycles. The van der Waals surface area contributed by atoms with Gasteiger partial charge in [-0.1, -0.05) is 0 Å². The summed E-state index contributed by atoms with van der Waals surface area (Å²) in [5.41, 5.74) is -3.71. The Morgan fingerprint density at radius 3 is 2.12 bits per heavy atom. The van der Waals surface area contributed by atoms with E-state index in [0.29, 0.717) is 44.7 Å². The summed E-state index contributed by atoms with van der Waals surface area (Å²) in [6.45, 7) is 1.51. The second-order valence-corrected chi connectivity index (χ2v) is 8.31. The number of hydrogen-bond acceptors (Lipinski definition) is 4. The number of halogens is 6. The van der Waals surface area contributed by atoms with Crippen molar-refractivity contribution >= 4 is 18.2 Å². The van der Waals surface area contributed by atoms with Crippen LogP contribution in [0, 0.1) is 5.41 Å². The second kappa shape index (κ2) is 8.02. The fourth-order valence-electron chi connectivity index (χ4n) is 4.09. The van der Waals surface area contributed by atoms with E-state index < -0.39 is 35.1 Å². The zero-order valence-electron chi connectivity index (χ0n) is 17.3. The smallest absolute Gasteiger partial charge is 0.416 e. The Morgan fingerprint density at radius 1 is 0.971 bits per heavy atom. The van der Waals surface area contributed by atoms with E-state index in [9.17, 15) is 35.9 Å². The van der Waals surface area contributed by atoms with Gasteiger partial charge in [0.1, 0.15) is 6.33 Å². The van der Waals surface area contributed by atoms with Gasteiger partial charge in [0.15, 0.2) is 5.82 Å². The van der Waals surface area contributed by atoms with Gasteiger partial charge in [0.2, 0.25) is 5.91 Å². The first-order valence-corrected chi connectivity index (χ1v) is 9.92. The Labute approximate surface area is 188 Å². The van der Waals surface area contributed by atoms with Crippen LogP contribution in [0.15, 0.2) is 30.6 Å². The van der Waals surface area contributed by atoms with Crippen molar-refractivity contribution in [2.45, 2.75) is 18.8 Å². The van der Waals surface area contributed by atoms with Crippen molar-refractivity contribution in [3.8, 4) is 11.4 Å². The van der Waals surface area contributed by atoms with Crippen molar-refractivity contribution in [2.75, 3.05) is 26.2 Å². The topological polar surface area (TPSA) is 91.6 Å². The zero-order valence-corrected chi connectivity index (χ0v) is 17.3. The summed E-state index contributed by atoms with van der Waals surface area (Å²) < 4.78 is 79.4. The third-order valence-electron chi connectivity index (χ3n) is 5.80. The third kappa shape index (κ3) is 4.70. The van der Waals surface area contributed by atoms with E-state index in [1.54, 1.807) is 0 Å². The Bertz CT molecular complexity index is 1120. The number of carbonyl (C=O) groups excluding carboxylic acids is 1. The predicted octanol–water partition coefficient (Wildman–Crippen LogP) is 3.67. The Kier molecular flexibility index (Phi) is 5.56. The van der Waals surface area contributed by atoms with E-state index in [-0.39, 0.29) is 23.2 Å². The van der Waals surface area contributed by atoms with Gasteiger partial charge in [0, 0.05) is 49.4 Å². The van der Waals surface area contributed by atoms with Crippen LogP contribution in [-0.2, 0) is 17.1 Å². The molecule has 2 aromatic rings. The number of alkyl halides is 6. The molecule has 0 bridgehead atoms. The number of hydrogen-bond donors (Lipinski definition) is 1. The summed E-state index contributed by atoms with van der Waals surface area (Å²) in [4.78, 5) is 29.9. The molecule has 2 saturated heterocycles. The molecule has 1 aromatic heterocycles. The minimum Gasteiger partial charge on any atom is -0.465 e. The molecular weight excluding hydrogens is 472 g/mol. The first-order chi connectivity index (χ1) is 15.8. The van der Waals surface area contributed by atoms with Crippen LogP contribution in [0.3, 0.4) is 0 Å². The largest absolute Gasteiger partial charge is 0.465 e.